The smallest absolute Gasteiger partial charge is 0.129 e. The first kappa shape index (κ1) is 11.1. The molecular weight excluding hydrogens is 220 g/mol. The summed E-state index contributed by atoms with van der Waals surface area (Å²) in [5.74, 6) is 0. The summed E-state index contributed by atoms with van der Waals surface area (Å²) >= 11 is 5.82. The molecule has 0 unspecified atom stereocenters. The Balaban J connectivity index is 2.38. The van der Waals surface area contributed by atoms with Crippen LogP contribution in [0, 0.1) is 6.92 Å². The van der Waals surface area contributed by atoms with Gasteiger partial charge >= 0.3 is 0 Å². The van der Waals surface area contributed by atoms with Gasteiger partial charge in [-0.15, -0.1) is 0 Å². The third-order valence-electron chi connectivity index (χ3n) is 2.59. The highest BCUT2D eigenvalue weighted by Gasteiger charge is 2.11. The normalized spacial score (nSPS) is 12.4. The molecule has 0 radical (unpaired) electrons. The fourth-order valence-electron chi connectivity index (χ4n) is 1.71. The molecule has 0 spiro atoms. The standard InChI is InChI=1S/C13H13ClN2/c1-9-11(7-8-12(14)16-9)13(15)10-5-3-2-4-6-10/h2-8,13H,15H2,1H3/t13-/m0/s1. The fourth-order valence-corrected chi connectivity index (χ4v) is 1.90. The van der Waals surface area contributed by atoms with Gasteiger partial charge in [0.15, 0.2) is 0 Å². The van der Waals surface area contributed by atoms with Gasteiger partial charge in [-0.05, 0) is 24.1 Å². The van der Waals surface area contributed by atoms with Crippen molar-refractivity contribution >= 4 is 11.6 Å². The summed E-state index contributed by atoms with van der Waals surface area (Å²) in [5.41, 5.74) is 9.15. The zero-order valence-electron chi connectivity index (χ0n) is 9.02. The Labute approximate surface area is 100 Å². The molecule has 2 N–H and O–H groups in total. The maximum absolute atomic E-state index is 6.18. The summed E-state index contributed by atoms with van der Waals surface area (Å²) in [6.07, 6.45) is 0. The van der Waals surface area contributed by atoms with Gasteiger partial charge in [-0.3, -0.25) is 0 Å². The minimum Gasteiger partial charge on any atom is -0.320 e. The van der Waals surface area contributed by atoms with Crippen LogP contribution in [0.4, 0.5) is 0 Å². The second kappa shape index (κ2) is 4.64. The molecule has 0 aliphatic carbocycles. The van der Waals surface area contributed by atoms with Gasteiger partial charge in [0.2, 0.25) is 0 Å². The van der Waals surface area contributed by atoms with Crippen molar-refractivity contribution in [1.29, 1.82) is 0 Å². The average Bonchev–Trinajstić information content (AvgIpc) is 2.29. The molecule has 1 aromatic carbocycles. The number of hydrogen-bond donors (Lipinski definition) is 1. The molecule has 0 saturated carbocycles. The van der Waals surface area contributed by atoms with Gasteiger partial charge in [-0.2, -0.15) is 0 Å². The van der Waals surface area contributed by atoms with Crippen LogP contribution in [-0.2, 0) is 0 Å². The number of hydrogen-bond acceptors (Lipinski definition) is 2. The first-order valence-corrected chi connectivity index (χ1v) is 5.50. The lowest BCUT2D eigenvalue weighted by Gasteiger charge is -2.14. The van der Waals surface area contributed by atoms with Crippen molar-refractivity contribution in [2.24, 2.45) is 5.73 Å². The van der Waals surface area contributed by atoms with Crippen LogP contribution in [0.5, 0.6) is 0 Å². The van der Waals surface area contributed by atoms with E-state index in [0.717, 1.165) is 16.8 Å². The molecular formula is C13H13ClN2. The van der Waals surface area contributed by atoms with E-state index in [2.05, 4.69) is 4.98 Å². The molecule has 1 atom stereocenters. The molecule has 16 heavy (non-hydrogen) atoms. The second-order valence-corrected chi connectivity index (χ2v) is 4.08. The number of aromatic nitrogens is 1. The van der Waals surface area contributed by atoms with Gasteiger partial charge in [0.25, 0.3) is 0 Å². The molecule has 0 aliphatic heterocycles. The summed E-state index contributed by atoms with van der Waals surface area (Å²) in [7, 11) is 0. The van der Waals surface area contributed by atoms with Crippen LogP contribution in [0.1, 0.15) is 22.9 Å². The molecule has 0 aliphatic rings. The predicted molar refractivity (Wildman–Crippen MR) is 66.5 cm³/mol. The summed E-state index contributed by atoms with van der Waals surface area (Å²) < 4.78 is 0. The highest BCUT2D eigenvalue weighted by Crippen LogP contribution is 2.22. The Kier molecular flexibility index (Phi) is 3.22. The topological polar surface area (TPSA) is 38.9 Å². The van der Waals surface area contributed by atoms with E-state index in [9.17, 15) is 0 Å². The number of nitrogens with zero attached hydrogens (tertiary/aromatic N) is 1. The minimum atomic E-state index is -0.147. The Morgan fingerprint density at radius 1 is 1.12 bits per heavy atom. The molecule has 0 bridgehead atoms. The Bertz CT molecular complexity index is 483. The molecule has 0 amide bonds. The largest absolute Gasteiger partial charge is 0.320 e. The first-order valence-electron chi connectivity index (χ1n) is 5.12. The molecule has 82 valence electrons. The molecule has 3 heteroatoms. The maximum atomic E-state index is 6.18. The highest BCUT2D eigenvalue weighted by molar-refractivity contribution is 6.29. The molecule has 1 aromatic heterocycles. The quantitative estimate of drug-likeness (QED) is 0.809. The van der Waals surface area contributed by atoms with E-state index in [1.807, 2.05) is 43.3 Å². The van der Waals surface area contributed by atoms with Crippen molar-refractivity contribution in [1.82, 2.24) is 4.98 Å². The van der Waals surface area contributed by atoms with E-state index in [1.165, 1.54) is 0 Å². The fraction of sp³-hybridized carbons (Fsp3) is 0.154. The van der Waals surface area contributed by atoms with Crippen LogP contribution in [0.15, 0.2) is 42.5 Å². The van der Waals surface area contributed by atoms with E-state index in [0.29, 0.717) is 5.15 Å². The van der Waals surface area contributed by atoms with E-state index in [-0.39, 0.29) is 6.04 Å². The molecule has 1 heterocycles. The van der Waals surface area contributed by atoms with E-state index < -0.39 is 0 Å². The SMILES string of the molecule is Cc1nc(Cl)ccc1[C@@H](N)c1ccccc1. The number of pyridine rings is 1. The molecule has 0 fully saturated rings. The lowest BCUT2D eigenvalue weighted by molar-refractivity contribution is 0.848. The molecule has 2 rings (SSSR count). The van der Waals surface area contributed by atoms with Gasteiger partial charge in [-0.25, -0.2) is 4.98 Å². The van der Waals surface area contributed by atoms with Crippen molar-refractivity contribution in [2.75, 3.05) is 0 Å². The Hall–Kier alpha value is -1.38. The van der Waals surface area contributed by atoms with Crippen molar-refractivity contribution in [3.8, 4) is 0 Å². The number of halogens is 1. The van der Waals surface area contributed by atoms with Crippen LogP contribution in [0.3, 0.4) is 0 Å². The lowest BCUT2D eigenvalue weighted by Crippen LogP contribution is -2.13. The van der Waals surface area contributed by atoms with Crippen molar-refractivity contribution in [3.63, 3.8) is 0 Å². The summed E-state index contributed by atoms with van der Waals surface area (Å²) in [5, 5.41) is 0.501. The van der Waals surface area contributed by atoms with Gasteiger partial charge < -0.3 is 5.73 Å². The van der Waals surface area contributed by atoms with Crippen LogP contribution in [0.25, 0.3) is 0 Å². The van der Waals surface area contributed by atoms with Crippen molar-refractivity contribution < 1.29 is 0 Å². The number of aryl methyl sites for hydroxylation is 1. The predicted octanol–water partition coefficient (Wildman–Crippen LogP) is 3.09. The third-order valence-corrected chi connectivity index (χ3v) is 2.80. The molecule has 0 saturated heterocycles. The summed E-state index contributed by atoms with van der Waals surface area (Å²) in [6, 6.07) is 13.5. The third kappa shape index (κ3) is 2.23. The average molecular weight is 233 g/mol. The molecule has 2 nitrogen and oxygen atoms in total. The monoisotopic (exact) mass is 232 g/mol. The zero-order valence-corrected chi connectivity index (χ0v) is 9.78. The Morgan fingerprint density at radius 3 is 2.44 bits per heavy atom. The van der Waals surface area contributed by atoms with Crippen molar-refractivity contribution in [2.45, 2.75) is 13.0 Å². The number of benzene rings is 1. The van der Waals surface area contributed by atoms with Gasteiger partial charge in [0.05, 0.1) is 6.04 Å². The van der Waals surface area contributed by atoms with Crippen LogP contribution < -0.4 is 5.73 Å². The maximum Gasteiger partial charge on any atom is 0.129 e. The Morgan fingerprint density at radius 2 is 1.81 bits per heavy atom. The van der Waals surface area contributed by atoms with E-state index in [4.69, 9.17) is 17.3 Å². The van der Waals surface area contributed by atoms with Gasteiger partial charge in [0, 0.05) is 5.69 Å². The van der Waals surface area contributed by atoms with Crippen LogP contribution in [0.2, 0.25) is 5.15 Å². The zero-order chi connectivity index (χ0) is 11.5. The highest BCUT2D eigenvalue weighted by atomic mass is 35.5. The minimum absolute atomic E-state index is 0.147. The van der Waals surface area contributed by atoms with E-state index in [1.54, 1.807) is 6.07 Å². The van der Waals surface area contributed by atoms with E-state index >= 15 is 0 Å². The molecule has 2 aromatic rings. The van der Waals surface area contributed by atoms with Crippen LogP contribution >= 0.6 is 11.6 Å². The summed E-state index contributed by atoms with van der Waals surface area (Å²) in [4.78, 5) is 4.21. The number of rotatable bonds is 2. The summed E-state index contributed by atoms with van der Waals surface area (Å²) in [6.45, 7) is 1.92. The first-order chi connectivity index (χ1) is 7.68. The second-order valence-electron chi connectivity index (χ2n) is 3.70. The van der Waals surface area contributed by atoms with Crippen LogP contribution in [-0.4, -0.2) is 4.98 Å². The number of nitrogens with two attached hydrogens (primary N) is 1. The lowest BCUT2D eigenvalue weighted by atomic mass is 9.99. The van der Waals surface area contributed by atoms with Crippen molar-refractivity contribution in [3.05, 3.63) is 64.4 Å². The van der Waals surface area contributed by atoms with Gasteiger partial charge in [0.1, 0.15) is 5.15 Å². The van der Waals surface area contributed by atoms with Gasteiger partial charge in [-0.1, -0.05) is 48.0 Å².